The van der Waals surface area contributed by atoms with Crippen LogP contribution in [-0.4, -0.2) is 51.7 Å². The second kappa shape index (κ2) is 11.4. The number of carbonyl (C=O) groups excluding carboxylic acids is 1. The van der Waals surface area contributed by atoms with Crippen LogP contribution in [0.15, 0.2) is 73.1 Å². The van der Waals surface area contributed by atoms with Gasteiger partial charge in [0.25, 0.3) is 5.91 Å². The lowest BCUT2D eigenvalue weighted by Crippen LogP contribution is -2.35. The molecule has 6 heteroatoms. The highest BCUT2D eigenvalue weighted by atomic mass is 16.3. The van der Waals surface area contributed by atoms with Gasteiger partial charge >= 0.3 is 0 Å². The summed E-state index contributed by atoms with van der Waals surface area (Å²) >= 11 is 0. The minimum Gasteiger partial charge on any atom is -0.396 e. The summed E-state index contributed by atoms with van der Waals surface area (Å²) in [6, 6.07) is 20.0. The van der Waals surface area contributed by atoms with E-state index in [1.54, 1.807) is 24.3 Å². The second-order valence-electron chi connectivity index (χ2n) is 9.14. The van der Waals surface area contributed by atoms with Gasteiger partial charge in [0.2, 0.25) is 0 Å². The van der Waals surface area contributed by atoms with Crippen LogP contribution in [0.1, 0.15) is 51.6 Å². The average molecular weight is 460 g/mol. The number of amides is 1. The molecular formula is C28H33N3O3. The molecule has 3 aromatic rings. The maximum Gasteiger partial charge on any atom is 0.253 e. The van der Waals surface area contributed by atoms with Crippen LogP contribution in [0.5, 0.6) is 0 Å². The van der Waals surface area contributed by atoms with E-state index in [1.807, 2.05) is 60.7 Å². The molecule has 0 saturated carbocycles. The van der Waals surface area contributed by atoms with E-state index < -0.39 is 6.10 Å². The predicted molar refractivity (Wildman–Crippen MR) is 132 cm³/mol. The molecule has 1 unspecified atom stereocenters. The molecule has 0 radical (unpaired) electrons. The van der Waals surface area contributed by atoms with Crippen molar-refractivity contribution < 1.29 is 15.0 Å². The van der Waals surface area contributed by atoms with Crippen molar-refractivity contribution in [1.29, 1.82) is 0 Å². The monoisotopic (exact) mass is 459 g/mol. The number of nitrogens with zero attached hydrogens (tertiary/aromatic N) is 2. The van der Waals surface area contributed by atoms with E-state index in [9.17, 15) is 9.90 Å². The molecule has 178 valence electrons. The summed E-state index contributed by atoms with van der Waals surface area (Å²) in [5, 5.41) is 23.4. The van der Waals surface area contributed by atoms with Crippen LogP contribution in [0.4, 0.5) is 0 Å². The van der Waals surface area contributed by atoms with E-state index in [0.29, 0.717) is 24.6 Å². The molecule has 2 heterocycles. The zero-order chi connectivity index (χ0) is 23.9. The molecule has 0 spiro atoms. The summed E-state index contributed by atoms with van der Waals surface area (Å²) in [5.41, 5.74) is 4.68. The van der Waals surface area contributed by atoms with Gasteiger partial charge in [0.1, 0.15) is 0 Å². The molecule has 1 aliphatic heterocycles. The number of hydrogen-bond donors (Lipinski definition) is 3. The van der Waals surface area contributed by atoms with Crippen LogP contribution in [-0.2, 0) is 19.4 Å². The molecule has 0 aliphatic carbocycles. The summed E-state index contributed by atoms with van der Waals surface area (Å²) in [6.07, 6.45) is 6.38. The summed E-state index contributed by atoms with van der Waals surface area (Å²) in [4.78, 5) is 18.8. The van der Waals surface area contributed by atoms with Gasteiger partial charge in [-0.1, -0.05) is 48.5 Å². The Morgan fingerprint density at radius 2 is 1.79 bits per heavy atom. The molecule has 1 aromatic heterocycles. The Labute approximate surface area is 201 Å². The molecule has 1 saturated heterocycles. The summed E-state index contributed by atoms with van der Waals surface area (Å²) in [7, 11) is 1.79. The van der Waals surface area contributed by atoms with Gasteiger partial charge in [-0.25, -0.2) is 0 Å². The predicted octanol–water partition coefficient (Wildman–Crippen LogP) is 3.29. The highest BCUT2D eigenvalue weighted by Crippen LogP contribution is 2.26. The molecule has 4 rings (SSSR count). The van der Waals surface area contributed by atoms with E-state index in [1.165, 1.54) is 5.56 Å². The van der Waals surface area contributed by atoms with Crippen molar-refractivity contribution in [2.45, 2.75) is 50.4 Å². The normalized spacial score (nSPS) is 18.6. The fourth-order valence-electron chi connectivity index (χ4n) is 4.67. The molecule has 0 bridgehead atoms. The molecule has 1 aliphatic rings. The van der Waals surface area contributed by atoms with Gasteiger partial charge in [-0.2, -0.15) is 0 Å². The van der Waals surface area contributed by atoms with E-state index >= 15 is 0 Å². The van der Waals surface area contributed by atoms with Crippen molar-refractivity contribution in [1.82, 2.24) is 15.2 Å². The zero-order valence-electron chi connectivity index (χ0n) is 19.6. The Morgan fingerprint density at radius 1 is 1.06 bits per heavy atom. The van der Waals surface area contributed by atoms with E-state index in [2.05, 4.69) is 10.3 Å². The number of rotatable bonds is 9. The van der Waals surface area contributed by atoms with Crippen LogP contribution in [0.3, 0.4) is 0 Å². The third-order valence-electron chi connectivity index (χ3n) is 6.50. The van der Waals surface area contributed by atoms with Crippen molar-refractivity contribution in [3.63, 3.8) is 0 Å². The number of aliphatic hydroxyl groups excluding tert-OH is 2. The lowest BCUT2D eigenvalue weighted by molar-refractivity contribution is 0.0785. The van der Waals surface area contributed by atoms with E-state index in [4.69, 9.17) is 5.11 Å². The first-order valence-corrected chi connectivity index (χ1v) is 11.9. The Morgan fingerprint density at radius 3 is 2.53 bits per heavy atom. The average Bonchev–Trinajstić information content (AvgIpc) is 3.33. The van der Waals surface area contributed by atoms with Crippen molar-refractivity contribution in [3.05, 3.63) is 101 Å². The zero-order valence-corrected chi connectivity index (χ0v) is 19.6. The topological polar surface area (TPSA) is 85.7 Å². The van der Waals surface area contributed by atoms with Crippen LogP contribution < -0.4 is 5.32 Å². The van der Waals surface area contributed by atoms with Crippen molar-refractivity contribution in [2.24, 2.45) is 0 Å². The number of nitrogens with one attached hydrogen (secondary N) is 1. The van der Waals surface area contributed by atoms with Crippen molar-refractivity contribution in [2.75, 3.05) is 13.7 Å². The number of aliphatic hydroxyl groups is 2. The fourth-order valence-corrected chi connectivity index (χ4v) is 4.67. The number of benzene rings is 2. The van der Waals surface area contributed by atoms with Gasteiger partial charge in [-0.15, -0.1) is 0 Å². The van der Waals surface area contributed by atoms with Crippen molar-refractivity contribution in [3.8, 4) is 0 Å². The third-order valence-corrected chi connectivity index (χ3v) is 6.50. The first-order chi connectivity index (χ1) is 16.5. The van der Waals surface area contributed by atoms with E-state index in [-0.39, 0.29) is 18.6 Å². The fraction of sp³-hybridized carbons (Fsp3) is 0.357. The van der Waals surface area contributed by atoms with Crippen LogP contribution in [0.25, 0.3) is 0 Å². The molecule has 1 fully saturated rings. The third kappa shape index (κ3) is 6.08. The Hall–Kier alpha value is -3.06. The second-order valence-corrected chi connectivity index (χ2v) is 9.14. The first kappa shape index (κ1) is 24.1. The van der Waals surface area contributed by atoms with Gasteiger partial charge in [0.15, 0.2) is 0 Å². The minimum atomic E-state index is -0.499. The van der Waals surface area contributed by atoms with Crippen LogP contribution in [0, 0.1) is 0 Å². The molecular weight excluding hydrogens is 426 g/mol. The minimum absolute atomic E-state index is 0.0378. The number of hydrogen-bond acceptors (Lipinski definition) is 5. The maximum absolute atomic E-state index is 12.9. The Balaban J connectivity index is 1.30. The van der Waals surface area contributed by atoms with Crippen LogP contribution in [0.2, 0.25) is 0 Å². The van der Waals surface area contributed by atoms with E-state index in [0.717, 1.165) is 36.0 Å². The standard InChI is InChI=1S/C28H33N3O3/c1-31(19-22-15-21(13-14-32)17-29-18-22)28(34)24-9-7-20(8-10-24)16-25-11-12-26(30-25)27(33)23-5-3-2-4-6-23/h2-10,15,17-18,25-27,30,32-33H,11-14,16,19H2,1H3/t25-,26+,27?/m0/s1. The molecule has 6 nitrogen and oxygen atoms in total. The lowest BCUT2D eigenvalue weighted by Gasteiger charge is -2.20. The summed E-state index contributed by atoms with van der Waals surface area (Å²) in [6.45, 7) is 0.543. The van der Waals surface area contributed by atoms with Gasteiger partial charge in [-0.05, 0) is 60.1 Å². The number of aromatic nitrogens is 1. The molecule has 3 N–H and O–H groups in total. The number of pyridine rings is 1. The Kier molecular flexibility index (Phi) is 8.06. The SMILES string of the molecule is CN(Cc1cncc(CCO)c1)C(=O)c1ccc(C[C@@H]2CC[C@H](C(O)c3ccccc3)N2)cc1. The highest BCUT2D eigenvalue weighted by molar-refractivity contribution is 5.94. The van der Waals surface area contributed by atoms with Gasteiger partial charge in [0, 0.05) is 50.2 Å². The quantitative estimate of drug-likeness (QED) is 0.457. The first-order valence-electron chi connectivity index (χ1n) is 11.9. The van der Waals surface area contributed by atoms with Gasteiger partial charge in [-0.3, -0.25) is 9.78 Å². The molecule has 1 amide bonds. The Bertz CT molecular complexity index is 1070. The number of carbonyl (C=O) groups is 1. The summed E-state index contributed by atoms with van der Waals surface area (Å²) in [5.74, 6) is -0.0378. The maximum atomic E-state index is 12.9. The lowest BCUT2D eigenvalue weighted by atomic mass is 10.0. The smallest absolute Gasteiger partial charge is 0.253 e. The summed E-state index contributed by atoms with van der Waals surface area (Å²) < 4.78 is 0. The molecule has 2 aromatic carbocycles. The van der Waals surface area contributed by atoms with Crippen molar-refractivity contribution >= 4 is 5.91 Å². The molecule has 3 atom stereocenters. The largest absolute Gasteiger partial charge is 0.396 e. The van der Waals surface area contributed by atoms with Gasteiger partial charge in [0.05, 0.1) is 6.10 Å². The highest BCUT2D eigenvalue weighted by Gasteiger charge is 2.29. The van der Waals surface area contributed by atoms with Crippen LogP contribution >= 0.6 is 0 Å². The molecule has 34 heavy (non-hydrogen) atoms. The van der Waals surface area contributed by atoms with Gasteiger partial charge < -0.3 is 20.4 Å².